The Morgan fingerprint density at radius 2 is 1.06 bits per heavy atom. The molecule has 0 aliphatic heterocycles. The highest BCUT2D eigenvalue weighted by molar-refractivity contribution is 9.10. The minimum atomic E-state index is 0.00420. The minimum Gasteiger partial charge on any atom is -0.310 e. The lowest BCUT2D eigenvalue weighted by Gasteiger charge is -2.27. The summed E-state index contributed by atoms with van der Waals surface area (Å²) in [5.74, 6) is 0. The SMILES string of the molecule is CC1(C)c2ccccc2-c2cc(N(c3ccc(Br)cc3)c3ccc(-c4ccccc4)cc3)ccc21. The fourth-order valence-electron chi connectivity index (χ4n) is 5.32. The normalized spacial score (nSPS) is 13.2. The van der Waals surface area contributed by atoms with E-state index in [4.69, 9.17) is 0 Å². The van der Waals surface area contributed by atoms with Gasteiger partial charge in [-0.3, -0.25) is 0 Å². The molecule has 0 fully saturated rings. The highest BCUT2D eigenvalue weighted by Gasteiger charge is 2.35. The van der Waals surface area contributed by atoms with Gasteiger partial charge in [0.25, 0.3) is 0 Å². The molecule has 6 rings (SSSR count). The van der Waals surface area contributed by atoms with Gasteiger partial charge in [-0.05, 0) is 81.9 Å². The minimum absolute atomic E-state index is 0.00420. The van der Waals surface area contributed by atoms with Crippen LogP contribution in [0.3, 0.4) is 0 Å². The summed E-state index contributed by atoms with van der Waals surface area (Å²) in [5.41, 5.74) is 11.3. The van der Waals surface area contributed by atoms with E-state index in [2.05, 4.69) is 156 Å². The maximum atomic E-state index is 3.60. The Kier molecular flexibility index (Phi) is 5.35. The number of halogens is 1. The quantitative estimate of drug-likeness (QED) is 0.230. The van der Waals surface area contributed by atoms with Crippen molar-refractivity contribution in [1.82, 2.24) is 0 Å². The Bertz CT molecular complexity index is 1500. The Hall–Kier alpha value is -3.62. The molecule has 0 unspecified atom stereocenters. The monoisotopic (exact) mass is 515 g/mol. The molecule has 0 spiro atoms. The smallest absolute Gasteiger partial charge is 0.0468 e. The van der Waals surface area contributed by atoms with Crippen molar-refractivity contribution in [1.29, 1.82) is 0 Å². The van der Waals surface area contributed by atoms with E-state index in [9.17, 15) is 0 Å². The second-order valence-corrected chi connectivity index (χ2v) is 10.5. The van der Waals surface area contributed by atoms with Gasteiger partial charge in [0.15, 0.2) is 0 Å². The molecule has 1 aliphatic carbocycles. The molecule has 35 heavy (non-hydrogen) atoms. The number of anilines is 3. The molecule has 0 radical (unpaired) electrons. The van der Waals surface area contributed by atoms with Crippen LogP contribution in [-0.2, 0) is 5.41 Å². The van der Waals surface area contributed by atoms with Crippen molar-refractivity contribution in [2.75, 3.05) is 4.90 Å². The molecule has 0 amide bonds. The van der Waals surface area contributed by atoms with E-state index in [0.717, 1.165) is 21.5 Å². The molecule has 0 N–H and O–H groups in total. The number of hydrogen-bond acceptors (Lipinski definition) is 1. The molecule has 0 aromatic heterocycles. The molecule has 0 bridgehead atoms. The molecule has 0 atom stereocenters. The van der Waals surface area contributed by atoms with Gasteiger partial charge in [-0.15, -0.1) is 0 Å². The van der Waals surface area contributed by atoms with Crippen LogP contribution >= 0.6 is 15.9 Å². The van der Waals surface area contributed by atoms with Crippen LogP contribution in [0.1, 0.15) is 25.0 Å². The Labute approximate surface area is 215 Å². The maximum absolute atomic E-state index is 3.60. The van der Waals surface area contributed by atoms with Crippen LogP contribution in [0.2, 0.25) is 0 Å². The summed E-state index contributed by atoms with van der Waals surface area (Å²) in [5, 5.41) is 0. The van der Waals surface area contributed by atoms with E-state index in [-0.39, 0.29) is 5.41 Å². The van der Waals surface area contributed by atoms with E-state index in [1.54, 1.807) is 0 Å². The predicted molar refractivity (Wildman–Crippen MR) is 152 cm³/mol. The third-order valence-corrected chi connectivity index (χ3v) is 7.67. The highest BCUT2D eigenvalue weighted by atomic mass is 79.9. The van der Waals surface area contributed by atoms with Gasteiger partial charge < -0.3 is 4.90 Å². The number of fused-ring (bicyclic) bond motifs is 3. The van der Waals surface area contributed by atoms with Gasteiger partial charge in [0, 0.05) is 26.9 Å². The van der Waals surface area contributed by atoms with Crippen molar-refractivity contribution in [3.8, 4) is 22.3 Å². The second kappa shape index (κ2) is 8.55. The van der Waals surface area contributed by atoms with Crippen molar-refractivity contribution >= 4 is 33.0 Å². The molecule has 5 aromatic rings. The van der Waals surface area contributed by atoms with Crippen LogP contribution in [0.4, 0.5) is 17.1 Å². The zero-order valence-electron chi connectivity index (χ0n) is 19.9. The number of nitrogens with zero attached hydrogens (tertiary/aromatic N) is 1. The fourth-order valence-corrected chi connectivity index (χ4v) is 5.58. The molecule has 170 valence electrons. The molecule has 0 saturated carbocycles. The van der Waals surface area contributed by atoms with Gasteiger partial charge in [0.1, 0.15) is 0 Å². The first kappa shape index (κ1) is 21.9. The van der Waals surface area contributed by atoms with Crippen LogP contribution in [0.15, 0.2) is 126 Å². The summed E-state index contributed by atoms with van der Waals surface area (Å²) >= 11 is 3.60. The largest absolute Gasteiger partial charge is 0.310 e. The first-order valence-corrected chi connectivity index (χ1v) is 12.8. The molecule has 0 saturated heterocycles. The first-order chi connectivity index (χ1) is 17.0. The van der Waals surface area contributed by atoms with E-state index >= 15 is 0 Å². The summed E-state index contributed by atoms with van der Waals surface area (Å²) in [6.07, 6.45) is 0. The third-order valence-electron chi connectivity index (χ3n) is 7.14. The van der Waals surface area contributed by atoms with Crippen molar-refractivity contribution in [2.45, 2.75) is 19.3 Å². The van der Waals surface area contributed by atoms with E-state index in [0.29, 0.717) is 0 Å². The molecule has 1 nitrogen and oxygen atoms in total. The van der Waals surface area contributed by atoms with Crippen LogP contribution in [0.25, 0.3) is 22.3 Å². The second-order valence-electron chi connectivity index (χ2n) is 9.63. The topological polar surface area (TPSA) is 3.24 Å². The van der Waals surface area contributed by atoms with Crippen molar-refractivity contribution < 1.29 is 0 Å². The average molecular weight is 516 g/mol. The number of hydrogen-bond donors (Lipinski definition) is 0. The van der Waals surface area contributed by atoms with Crippen molar-refractivity contribution in [2.24, 2.45) is 0 Å². The maximum Gasteiger partial charge on any atom is 0.0468 e. The Morgan fingerprint density at radius 3 is 1.77 bits per heavy atom. The van der Waals surface area contributed by atoms with Crippen molar-refractivity contribution in [3.63, 3.8) is 0 Å². The Balaban J connectivity index is 1.49. The Morgan fingerprint density at radius 1 is 0.514 bits per heavy atom. The van der Waals surface area contributed by atoms with Gasteiger partial charge in [0.05, 0.1) is 0 Å². The van der Waals surface area contributed by atoms with Gasteiger partial charge in [-0.2, -0.15) is 0 Å². The van der Waals surface area contributed by atoms with Gasteiger partial charge in [-0.1, -0.05) is 103 Å². The molecule has 5 aromatic carbocycles. The number of benzene rings is 5. The lowest BCUT2D eigenvalue weighted by Crippen LogP contribution is -2.15. The van der Waals surface area contributed by atoms with Gasteiger partial charge in [0.2, 0.25) is 0 Å². The zero-order valence-corrected chi connectivity index (χ0v) is 21.5. The first-order valence-electron chi connectivity index (χ1n) is 12.0. The van der Waals surface area contributed by atoms with Gasteiger partial charge >= 0.3 is 0 Å². The van der Waals surface area contributed by atoms with E-state index in [1.807, 2.05) is 0 Å². The van der Waals surface area contributed by atoms with Crippen LogP contribution in [0.5, 0.6) is 0 Å². The summed E-state index contributed by atoms with van der Waals surface area (Å²) in [6.45, 7) is 4.65. The number of rotatable bonds is 4. The zero-order chi connectivity index (χ0) is 24.0. The highest BCUT2D eigenvalue weighted by Crippen LogP contribution is 2.50. The summed E-state index contributed by atoms with van der Waals surface area (Å²) < 4.78 is 1.07. The van der Waals surface area contributed by atoms with E-state index < -0.39 is 0 Å². The predicted octanol–water partition coefficient (Wildman–Crippen LogP) is 9.89. The van der Waals surface area contributed by atoms with Crippen LogP contribution < -0.4 is 4.90 Å². The molecular weight excluding hydrogens is 490 g/mol. The standard InChI is InChI=1S/C33H26BrN/c1-33(2)31-11-7-6-10-29(31)30-22-28(20-21-32(30)33)35(27-18-14-25(34)15-19-27)26-16-12-24(13-17-26)23-8-4-3-5-9-23/h3-22H,1-2H3. The van der Waals surface area contributed by atoms with Gasteiger partial charge in [-0.25, -0.2) is 0 Å². The lowest BCUT2D eigenvalue weighted by atomic mass is 9.82. The summed E-state index contributed by atoms with van der Waals surface area (Å²) in [7, 11) is 0. The average Bonchev–Trinajstić information content (AvgIpc) is 3.13. The summed E-state index contributed by atoms with van der Waals surface area (Å²) in [4.78, 5) is 2.34. The lowest BCUT2D eigenvalue weighted by molar-refractivity contribution is 0.660. The molecular formula is C33H26BrN. The third kappa shape index (κ3) is 3.79. The fraction of sp³-hybridized carbons (Fsp3) is 0.0909. The molecule has 1 aliphatic rings. The van der Waals surface area contributed by atoms with E-state index in [1.165, 1.54) is 33.4 Å². The van der Waals surface area contributed by atoms with Crippen LogP contribution in [-0.4, -0.2) is 0 Å². The molecule has 0 heterocycles. The van der Waals surface area contributed by atoms with Crippen molar-refractivity contribution in [3.05, 3.63) is 137 Å². The van der Waals surface area contributed by atoms with Crippen LogP contribution in [0, 0.1) is 0 Å². The summed E-state index contributed by atoms with van der Waals surface area (Å²) in [6, 6.07) is 43.7. The molecule has 2 heteroatoms.